The van der Waals surface area contributed by atoms with Gasteiger partial charge in [0.1, 0.15) is 0 Å². The minimum absolute atomic E-state index is 0. The van der Waals surface area contributed by atoms with Crippen LogP contribution in [0, 0.1) is 32.8 Å². The predicted octanol–water partition coefficient (Wildman–Crippen LogP) is 0.0509. The van der Waals surface area contributed by atoms with Gasteiger partial charge in [-0.25, -0.2) is 5.57 Å². The van der Waals surface area contributed by atoms with Gasteiger partial charge in [-0.2, -0.15) is 11.1 Å². The summed E-state index contributed by atoms with van der Waals surface area (Å²) in [5.74, 6) is -0.0324. The van der Waals surface area contributed by atoms with Crippen LogP contribution >= 0.6 is 0 Å². The fourth-order valence-electron chi connectivity index (χ4n) is 2.70. The third-order valence-electron chi connectivity index (χ3n) is 4.14. The Morgan fingerprint density at radius 1 is 1.00 bits per heavy atom. The minimum atomic E-state index is -0.593. The molecule has 1 amide bonds. The van der Waals surface area contributed by atoms with Crippen LogP contribution in [0.1, 0.15) is 54.7 Å². The third-order valence-corrected chi connectivity index (χ3v) is 4.14. The van der Waals surface area contributed by atoms with Crippen molar-refractivity contribution in [1.82, 2.24) is 0 Å². The molecule has 0 aromatic heterocycles. The van der Waals surface area contributed by atoms with Crippen LogP contribution in [0.25, 0.3) is 5.73 Å². The number of allylic oxidation sites excluding steroid dienone is 4. The van der Waals surface area contributed by atoms with Crippen molar-refractivity contribution >= 4 is 15.4 Å². The maximum Gasteiger partial charge on any atom is 4.00 e. The summed E-state index contributed by atoms with van der Waals surface area (Å²) in [7, 11) is 0.750. The van der Waals surface area contributed by atoms with Gasteiger partial charge in [-0.3, -0.25) is 6.08 Å². The molecule has 0 spiro atoms. The van der Waals surface area contributed by atoms with Crippen molar-refractivity contribution in [2.45, 2.75) is 61.6 Å². The Balaban J connectivity index is -0.000000159. The molecule has 149 valence electrons. The summed E-state index contributed by atoms with van der Waals surface area (Å²) in [5.41, 5.74) is 14.7. The Kier molecular flexibility index (Phi) is 21.3. The van der Waals surface area contributed by atoms with Gasteiger partial charge in [-0.05, 0) is 31.9 Å². The molecule has 1 N–H and O–H groups in total. The van der Waals surface area contributed by atoms with Crippen molar-refractivity contribution in [3.05, 3.63) is 62.9 Å². The number of aryl methyl sites for hydroxylation is 3. The molecule has 2 nitrogen and oxygen atoms in total. The summed E-state index contributed by atoms with van der Waals surface area (Å²) in [6.45, 7) is 18.8. The number of carbonyl (C=O) groups is 1. The first-order valence-corrected chi connectivity index (χ1v) is 10.7. The number of hydrogen-bond acceptors (Lipinski definition) is 1. The van der Waals surface area contributed by atoms with Gasteiger partial charge in [-0.1, -0.05) is 57.5 Å². The van der Waals surface area contributed by atoms with Gasteiger partial charge in [0.25, 0.3) is 0 Å². The van der Waals surface area contributed by atoms with Crippen LogP contribution in [-0.2, 0) is 25.8 Å². The van der Waals surface area contributed by atoms with E-state index in [1.165, 1.54) is 16.7 Å². The van der Waals surface area contributed by atoms with E-state index in [9.17, 15) is 4.79 Å². The molecule has 1 radical (unpaired) electrons. The van der Waals surface area contributed by atoms with Gasteiger partial charge in [0.15, 0.2) is 0 Å². The molecular formula is C21H32Cl2HfNOSi. The van der Waals surface area contributed by atoms with Gasteiger partial charge in [-0.15, -0.1) is 6.92 Å². The van der Waals surface area contributed by atoms with E-state index in [4.69, 9.17) is 5.73 Å². The molecule has 1 aromatic rings. The zero-order valence-corrected chi connectivity index (χ0v) is 24.2. The molecule has 1 aromatic carbocycles. The summed E-state index contributed by atoms with van der Waals surface area (Å²) in [4.78, 5) is 10.9. The molecule has 0 saturated carbocycles. The topological polar surface area (TPSA) is 40.9 Å². The normalized spacial score (nSPS) is 14.1. The average molecular weight is 592 g/mol. The molecule has 1 unspecified atom stereocenters. The SMILES string of the molecule is CC1=[C-]C(C)C(C)=C1C.C[SiH]C.Cc1cc(C)c(C([NH-])=O)c(C)c1.[Cl-].[Cl-].[Hf+4]. The second kappa shape index (κ2) is 16.8. The van der Waals surface area contributed by atoms with Crippen LogP contribution in [0.2, 0.25) is 13.1 Å². The second-order valence-corrected chi connectivity index (χ2v) is 7.63. The standard InChI is InChI=1S/C10H13NO.C9H13.C2H7Si.2ClH.Hf/c1-6-4-7(2)9(10(11)12)8(3)5-6;1-6-5-7(2)9(4)8(6)3;1-3-2;;;/h4-5H,1-3H3,(H2,11,12);6H,1-4H3;3H,1-2H3;2*1H;/q;-1;;;;+4/p-3. The van der Waals surface area contributed by atoms with Crippen molar-refractivity contribution in [3.8, 4) is 0 Å². The van der Waals surface area contributed by atoms with Gasteiger partial charge < -0.3 is 35.3 Å². The van der Waals surface area contributed by atoms with Crippen molar-refractivity contribution in [3.63, 3.8) is 0 Å². The Morgan fingerprint density at radius 2 is 1.37 bits per heavy atom. The summed E-state index contributed by atoms with van der Waals surface area (Å²) >= 11 is 0. The molecule has 1 aliphatic carbocycles. The largest absolute Gasteiger partial charge is 4.00 e. The molecule has 1 atom stereocenters. The maximum absolute atomic E-state index is 10.9. The summed E-state index contributed by atoms with van der Waals surface area (Å²) in [6.07, 6.45) is 3.36. The van der Waals surface area contributed by atoms with Crippen LogP contribution in [-0.4, -0.2) is 15.4 Å². The summed E-state index contributed by atoms with van der Waals surface area (Å²) in [5, 5.41) is 0. The fraction of sp³-hybridized carbons (Fsp3) is 0.476. The molecular weight excluding hydrogens is 560 g/mol. The zero-order valence-electron chi connectivity index (χ0n) is 18.0. The first kappa shape index (κ1) is 34.4. The fourth-order valence-corrected chi connectivity index (χ4v) is 2.70. The molecule has 1 aliphatic rings. The summed E-state index contributed by atoms with van der Waals surface area (Å²) < 4.78 is 0. The van der Waals surface area contributed by atoms with E-state index in [1.54, 1.807) is 0 Å². The van der Waals surface area contributed by atoms with Crippen molar-refractivity contribution in [2.75, 3.05) is 0 Å². The second-order valence-electron chi connectivity index (χ2n) is 6.48. The maximum atomic E-state index is 10.9. The van der Waals surface area contributed by atoms with E-state index in [2.05, 4.69) is 46.9 Å². The van der Waals surface area contributed by atoms with Crippen LogP contribution < -0.4 is 24.8 Å². The number of halogens is 2. The first-order chi connectivity index (χ1) is 11.1. The number of rotatable bonds is 1. The van der Waals surface area contributed by atoms with Crippen LogP contribution in [0.4, 0.5) is 0 Å². The molecule has 6 heteroatoms. The molecule has 0 bridgehead atoms. The van der Waals surface area contributed by atoms with E-state index in [-0.39, 0.29) is 50.7 Å². The van der Waals surface area contributed by atoms with E-state index in [1.807, 2.05) is 32.9 Å². The van der Waals surface area contributed by atoms with Gasteiger partial charge in [0.2, 0.25) is 0 Å². The molecule has 0 saturated heterocycles. The molecule has 27 heavy (non-hydrogen) atoms. The number of carbonyl (C=O) groups excluding carboxylic acids is 1. The van der Waals surface area contributed by atoms with E-state index >= 15 is 0 Å². The van der Waals surface area contributed by atoms with E-state index < -0.39 is 5.91 Å². The minimum Gasteiger partial charge on any atom is -1.00 e. The first-order valence-electron chi connectivity index (χ1n) is 8.42. The van der Waals surface area contributed by atoms with Gasteiger partial charge in [0.05, 0.1) is 5.91 Å². The Labute approximate surface area is 200 Å². The number of benzene rings is 1. The van der Waals surface area contributed by atoms with Crippen LogP contribution in [0.5, 0.6) is 0 Å². The average Bonchev–Trinajstić information content (AvgIpc) is 2.65. The molecule has 2 rings (SSSR count). The summed E-state index contributed by atoms with van der Waals surface area (Å²) in [6, 6.07) is 3.85. The van der Waals surface area contributed by atoms with E-state index in [0.29, 0.717) is 11.5 Å². The monoisotopic (exact) mass is 592 g/mol. The number of amides is 1. The Bertz CT molecular complexity index is 635. The van der Waals surface area contributed by atoms with E-state index in [0.717, 1.165) is 26.2 Å². The number of hydrogen-bond donors (Lipinski definition) is 0. The zero-order chi connectivity index (χ0) is 19.0. The van der Waals surface area contributed by atoms with Crippen LogP contribution in [0.3, 0.4) is 0 Å². The Hall–Kier alpha value is -0.163. The molecule has 0 aliphatic heterocycles. The van der Waals surface area contributed by atoms with Crippen LogP contribution in [0.15, 0.2) is 28.9 Å². The van der Waals surface area contributed by atoms with Gasteiger partial charge in [0, 0.05) is 15.1 Å². The predicted molar refractivity (Wildman–Crippen MR) is 108 cm³/mol. The quantitative estimate of drug-likeness (QED) is 0.336. The Morgan fingerprint density at radius 3 is 1.56 bits per heavy atom. The van der Waals surface area contributed by atoms with Crippen molar-refractivity contribution in [1.29, 1.82) is 0 Å². The molecule has 0 fully saturated rings. The molecule has 0 heterocycles. The van der Waals surface area contributed by atoms with Crippen molar-refractivity contribution in [2.24, 2.45) is 5.92 Å². The third kappa shape index (κ3) is 11.4. The van der Waals surface area contributed by atoms with Gasteiger partial charge >= 0.3 is 25.8 Å². The smallest absolute Gasteiger partial charge is 1.00 e. The number of nitrogens with one attached hydrogen (secondary N) is 1. The van der Waals surface area contributed by atoms with Crippen molar-refractivity contribution < 1.29 is 55.5 Å².